The second kappa shape index (κ2) is 4.68. The molecule has 0 aromatic heterocycles. The van der Waals surface area contributed by atoms with Crippen molar-refractivity contribution < 1.29 is 19.1 Å². The summed E-state index contributed by atoms with van der Waals surface area (Å²) in [4.78, 5) is 22.2. The summed E-state index contributed by atoms with van der Waals surface area (Å²) in [6.45, 7) is 0. The molecule has 0 N–H and O–H groups in total. The Morgan fingerprint density at radius 3 is 1.79 bits per heavy atom. The van der Waals surface area contributed by atoms with Crippen LogP contribution >= 0.6 is 11.8 Å². The van der Waals surface area contributed by atoms with E-state index < -0.39 is 0 Å². The van der Waals surface area contributed by atoms with Crippen LogP contribution < -0.4 is 0 Å². The van der Waals surface area contributed by atoms with E-state index in [0.29, 0.717) is 12.8 Å². The van der Waals surface area contributed by atoms with Gasteiger partial charge in [-0.15, -0.1) is 0 Å². The van der Waals surface area contributed by atoms with Crippen LogP contribution in [0.1, 0.15) is 12.8 Å². The highest BCUT2D eigenvalue weighted by Crippen LogP contribution is 2.44. The maximum absolute atomic E-state index is 11.1. The fourth-order valence-corrected chi connectivity index (χ4v) is 2.60. The van der Waals surface area contributed by atoms with E-state index in [0.717, 1.165) is 11.5 Å². The van der Waals surface area contributed by atoms with Crippen LogP contribution in [-0.2, 0) is 19.1 Å². The van der Waals surface area contributed by atoms with Gasteiger partial charge in [0.2, 0.25) is 0 Å². The summed E-state index contributed by atoms with van der Waals surface area (Å²) in [7, 11) is 2.72. The van der Waals surface area contributed by atoms with E-state index in [1.54, 1.807) is 11.8 Å². The zero-order chi connectivity index (χ0) is 10.6. The van der Waals surface area contributed by atoms with Gasteiger partial charge in [-0.2, -0.15) is 11.8 Å². The largest absolute Gasteiger partial charge is 0.469 e. The molecule has 80 valence electrons. The van der Waals surface area contributed by atoms with Gasteiger partial charge in [0, 0.05) is 16.9 Å². The number of carbonyl (C=O) groups is 2. The molecule has 0 saturated carbocycles. The lowest BCUT2D eigenvalue weighted by atomic mass is 9.84. The number of esters is 2. The zero-order valence-corrected chi connectivity index (χ0v) is 9.19. The summed E-state index contributed by atoms with van der Waals surface area (Å²) in [6, 6.07) is 0. The average molecular weight is 218 g/mol. The van der Waals surface area contributed by atoms with Crippen molar-refractivity contribution in [3.63, 3.8) is 0 Å². The molecule has 0 atom stereocenters. The first-order chi connectivity index (χ1) is 6.62. The predicted molar refractivity (Wildman–Crippen MR) is 53.0 cm³/mol. The van der Waals surface area contributed by atoms with E-state index >= 15 is 0 Å². The summed E-state index contributed by atoms with van der Waals surface area (Å²) in [5.74, 6) is 1.15. The number of hydrogen-bond donors (Lipinski definition) is 0. The van der Waals surface area contributed by atoms with Gasteiger partial charge in [-0.3, -0.25) is 9.59 Å². The molecule has 1 rings (SSSR count). The van der Waals surface area contributed by atoms with Gasteiger partial charge >= 0.3 is 11.9 Å². The zero-order valence-electron chi connectivity index (χ0n) is 8.37. The highest BCUT2D eigenvalue weighted by Gasteiger charge is 2.42. The van der Waals surface area contributed by atoms with Gasteiger partial charge in [0.1, 0.15) is 0 Å². The van der Waals surface area contributed by atoms with Crippen molar-refractivity contribution >= 4 is 23.7 Å². The van der Waals surface area contributed by atoms with Crippen molar-refractivity contribution in [1.82, 2.24) is 0 Å². The lowest BCUT2D eigenvalue weighted by Gasteiger charge is -2.39. The maximum Gasteiger partial charge on any atom is 0.306 e. The van der Waals surface area contributed by atoms with Crippen LogP contribution in [0.4, 0.5) is 0 Å². The van der Waals surface area contributed by atoms with Gasteiger partial charge in [0.15, 0.2) is 0 Å². The molecular weight excluding hydrogens is 204 g/mol. The van der Waals surface area contributed by atoms with Gasteiger partial charge in [0.05, 0.1) is 27.1 Å². The fourth-order valence-electron chi connectivity index (χ4n) is 1.41. The van der Waals surface area contributed by atoms with E-state index in [1.165, 1.54) is 14.2 Å². The lowest BCUT2D eigenvalue weighted by molar-refractivity contribution is -0.146. The molecule has 1 saturated heterocycles. The molecule has 0 aromatic carbocycles. The second-order valence-electron chi connectivity index (χ2n) is 3.50. The van der Waals surface area contributed by atoms with Crippen molar-refractivity contribution in [2.24, 2.45) is 5.41 Å². The van der Waals surface area contributed by atoms with Crippen molar-refractivity contribution in [3.05, 3.63) is 0 Å². The molecule has 1 aliphatic heterocycles. The van der Waals surface area contributed by atoms with Crippen molar-refractivity contribution in [1.29, 1.82) is 0 Å². The average Bonchev–Trinajstić information content (AvgIpc) is 2.13. The van der Waals surface area contributed by atoms with Gasteiger partial charge in [-0.25, -0.2) is 0 Å². The van der Waals surface area contributed by atoms with Crippen LogP contribution in [0.5, 0.6) is 0 Å². The first-order valence-electron chi connectivity index (χ1n) is 4.33. The van der Waals surface area contributed by atoms with Crippen molar-refractivity contribution in [2.75, 3.05) is 25.7 Å². The SMILES string of the molecule is COC(=O)CC1(CC(=O)OC)CSC1. The Morgan fingerprint density at radius 2 is 1.57 bits per heavy atom. The Labute approximate surface area is 87.3 Å². The van der Waals surface area contributed by atoms with Crippen LogP contribution in [-0.4, -0.2) is 37.7 Å². The van der Waals surface area contributed by atoms with Gasteiger partial charge < -0.3 is 9.47 Å². The third-order valence-electron chi connectivity index (χ3n) is 2.31. The third-order valence-corrected chi connectivity index (χ3v) is 3.94. The second-order valence-corrected chi connectivity index (χ2v) is 4.48. The predicted octanol–water partition coefficient (Wildman–Crippen LogP) is 0.846. The third kappa shape index (κ3) is 2.64. The highest BCUT2D eigenvalue weighted by atomic mass is 32.2. The van der Waals surface area contributed by atoms with Gasteiger partial charge in [0.25, 0.3) is 0 Å². The maximum atomic E-state index is 11.1. The lowest BCUT2D eigenvalue weighted by Crippen LogP contribution is -2.40. The summed E-state index contributed by atoms with van der Waals surface area (Å²) in [6.07, 6.45) is 0.622. The van der Waals surface area contributed by atoms with Gasteiger partial charge in [-0.05, 0) is 0 Å². The molecular formula is C9H14O4S. The van der Waals surface area contributed by atoms with Gasteiger partial charge in [-0.1, -0.05) is 0 Å². The molecule has 0 unspecified atom stereocenters. The standard InChI is InChI=1S/C9H14O4S/c1-12-7(10)3-9(5-14-6-9)4-8(11)13-2/h3-6H2,1-2H3. The summed E-state index contributed by atoms with van der Waals surface area (Å²) < 4.78 is 9.19. The molecule has 0 amide bonds. The van der Waals surface area contributed by atoms with Crippen LogP contribution in [0.25, 0.3) is 0 Å². The van der Waals surface area contributed by atoms with Crippen LogP contribution in [0.3, 0.4) is 0 Å². The Hall–Kier alpha value is -0.710. The van der Waals surface area contributed by atoms with Crippen molar-refractivity contribution in [3.8, 4) is 0 Å². The summed E-state index contributed by atoms with van der Waals surface area (Å²) >= 11 is 1.73. The molecule has 4 nitrogen and oxygen atoms in total. The Balaban J connectivity index is 2.49. The van der Waals surface area contributed by atoms with Crippen LogP contribution in [0.15, 0.2) is 0 Å². The van der Waals surface area contributed by atoms with E-state index in [2.05, 4.69) is 9.47 Å². The molecule has 0 aromatic rings. The molecule has 1 aliphatic rings. The summed E-state index contributed by atoms with van der Waals surface area (Å²) in [5, 5.41) is 0. The molecule has 0 radical (unpaired) electrons. The number of methoxy groups -OCH3 is 2. The minimum Gasteiger partial charge on any atom is -0.469 e. The first kappa shape index (κ1) is 11.4. The Kier molecular flexibility index (Phi) is 3.80. The number of ether oxygens (including phenoxy) is 2. The molecule has 0 bridgehead atoms. The monoisotopic (exact) mass is 218 g/mol. The number of thioether (sulfide) groups is 1. The minimum absolute atomic E-state index is 0.217. The van der Waals surface area contributed by atoms with Crippen LogP contribution in [0.2, 0.25) is 0 Å². The smallest absolute Gasteiger partial charge is 0.306 e. The molecule has 5 heteroatoms. The molecule has 1 fully saturated rings. The van der Waals surface area contributed by atoms with E-state index in [9.17, 15) is 9.59 Å². The van der Waals surface area contributed by atoms with E-state index in [-0.39, 0.29) is 17.4 Å². The van der Waals surface area contributed by atoms with E-state index in [4.69, 9.17) is 0 Å². The van der Waals surface area contributed by atoms with Crippen LogP contribution in [0, 0.1) is 5.41 Å². The first-order valence-corrected chi connectivity index (χ1v) is 5.49. The highest BCUT2D eigenvalue weighted by molar-refractivity contribution is 8.00. The molecule has 0 aliphatic carbocycles. The Morgan fingerprint density at radius 1 is 1.14 bits per heavy atom. The molecule has 0 spiro atoms. The fraction of sp³-hybridized carbons (Fsp3) is 0.778. The minimum atomic E-state index is -0.255. The summed E-state index contributed by atoms with van der Waals surface area (Å²) in [5.41, 5.74) is -0.217. The Bertz CT molecular complexity index is 215. The number of hydrogen-bond acceptors (Lipinski definition) is 5. The molecule has 1 heterocycles. The quantitative estimate of drug-likeness (QED) is 0.655. The van der Waals surface area contributed by atoms with Crippen molar-refractivity contribution in [2.45, 2.75) is 12.8 Å². The number of carbonyl (C=O) groups excluding carboxylic acids is 2. The normalized spacial score (nSPS) is 18.1. The van der Waals surface area contributed by atoms with E-state index in [1.807, 2.05) is 0 Å². The topological polar surface area (TPSA) is 52.6 Å². The molecule has 14 heavy (non-hydrogen) atoms. The number of rotatable bonds is 4.